The topological polar surface area (TPSA) is 176 Å². The lowest BCUT2D eigenvalue weighted by atomic mass is 10.1. The highest BCUT2D eigenvalue weighted by molar-refractivity contribution is 6.10. The van der Waals surface area contributed by atoms with E-state index < -0.39 is 42.1 Å². The molecular formula is C24H25N7O5. The number of fused-ring (bicyclic) bond motifs is 3. The lowest BCUT2D eigenvalue weighted by Gasteiger charge is -2.22. The number of carbonyl (C=O) groups excluding carboxylic acids is 3. The van der Waals surface area contributed by atoms with Crippen molar-refractivity contribution >= 4 is 39.5 Å². The number of amides is 3. The molecule has 5 N–H and O–H groups in total. The number of para-hydroxylation sites is 1. The van der Waals surface area contributed by atoms with Crippen LogP contribution in [0.4, 0.5) is 0 Å². The van der Waals surface area contributed by atoms with Crippen LogP contribution in [0.25, 0.3) is 21.8 Å². The second kappa shape index (κ2) is 9.86. The van der Waals surface area contributed by atoms with Crippen molar-refractivity contribution in [2.75, 3.05) is 19.6 Å². The number of primary amides is 1. The molecule has 0 atom stereocenters. The SMILES string of the molecule is Cc1cn(CC(=O)N(CCNC(=O)c2cc3c([nH]c4ccccc43)c(C)n2)CC(N)=O)c(=O)[nH]c1=O. The van der Waals surface area contributed by atoms with Crippen LogP contribution in [0.5, 0.6) is 0 Å². The smallest absolute Gasteiger partial charge is 0.328 e. The van der Waals surface area contributed by atoms with E-state index in [9.17, 15) is 24.0 Å². The molecule has 36 heavy (non-hydrogen) atoms. The van der Waals surface area contributed by atoms with Crippen LogP contribution in [0.3, 0.4) is 0 Å². The number of nitrogens with zero attached hydrogens (tertiary/aromatic N) is 3. The Labute approximate surface area is 204 Å². The summed E-state index contributed by atoms with van der Waals surface area (Å²) in [6.07, 6.45) is 1.26. The summed E-state index contributed by atoms with van der Waals surface area (Å²) in [5.74, 6) is -1.77. The molecule has 12 nitrogen and oxygen atoms in total. The largest absolute Gasteiger partial charge is 0.368 e. The van der Waals surface area contributed by atoms with Gasteiger partial charge in [0.15, 0.2) is 0 Å². The van der Waals surface area contributed by atoms with Gasteiger partial charge in [-0.25, -0.2) is 9.78 Å². The van der Waals surface area contributed by atoms with E-state index in [2.05, 4.69) is 20.3 Å². The van der Waals surface area contributed by atoms with Gasteiger partial charge in [-0.05, 0) is 26.0 Å². The van der Waals surface area contributed by atoms with Gasteiger partial charge in [0.05, 0.1) is 17.8 Å². The number of pyridine rings is 1. The van der Waals surface area contributed by atoms with Crippen LogP contribution in [0.2, 0.25) is 0 Å². The number of benzene rings is 1. The van der Waals surface area contributed by atoms with Crippen LogP contribution < -0.4 is 22.3 Å². The molecule has 0 aliphatic carbocycles. The second-order valence-electron chi connectivity index (χ2n) is 8.42. The molecule has 4 rings (SSSR count). The molecule has 0 saturated heterocycles. The minimum absolute atomic E-state index is 0.0179. The van der Waals surface area contributed by atoms with Crippen molar-refractivity contribution in [3.05, 3.63) is 74.3 Å². The Morgan fingerprint density at radius 2 is 1.86 bits per heavy atom. The highest BCUT2D eigenvalue weighted by Gasteiger charge is 2.19. The molecule has 12 heteroatoms. The third kappa shape index (κ3) is 5.02. The van der Waals surface area contributed by atoms with E-state index in [0.717, 1.165) is 31.3 Å². The molecule has 3 heterocycles. The number of nitrogens with one attached hydrogen (secondary N) is 3. The average molecular weight is 492 g/mol. The van der Waals surface area contributed by atoms with Crippen molar-refractivity contribution in [1.82, 2.24) is 29.7 Å². The van der Waals surface area contributed by atoms with Gasteiger partial charge in [0.1, 0.15) is 12.2 Å². The van der Waals surface area contributed by atoms with E-state index in [4.69, 9.17) is 5.73 Å². The van der Waals surface area contributed by atoms with Gasteiger partial charge in [-0.2, -0.15) is 0 Å². The Bertz CT molecular complexity index is 1610. The first-order valence-corrected chi connectivity index (χ1v) is 11.2. The molecule has 0 radical (unpaired) electrons. The number of aryl methyl sites for hydroxylation is 2. The monoisotopic (exact) mass is 491 g/mol. The maximum Gasteiger partial charge on any atom is 0.328 e. The van der Waals surface area contributed by atoms with Crippen molar-refractivity contribution in [3.8, 4) is 0 Å². The summed E-state index contributed by atoms with van der Waals surface area (Å²) in [4.78, 5) is 71.6. The number of H-pyrrole nitrogens is 2. The van der Waals surface area contributed by atoms with Gasteiger partial charge in [0.25, 0.3) is 11.5 Å². The summed E-state index contributed by atoms with van der Waals surface area (Å²) in [5, 5.41) is 4.55. The molecule has 0 fully saturated rings. The first-order chi connectivity index (χ1) is 17.1. The lowest BCUT2D eigenvalue weighted by molar-refractivity contribution is -0.135. The van der Waals surface area contributed by atoms with Crippen LogP contribution in [0.1, 0.15) is 21.7 Å². The Morgan fingerprint density at radius 1 is 1.11 bits per heavy atom. The first kappa shape index (κ1) is 24.4. The molecule has 3 aromatic heterocycles. The molecule has 3 amide bonds. The van der Waals surface area contributed by atoms with Gasteiger partial charge in [-0.1, -0.05) is 18.2 Å². The number of rotatable bonds is 8. The van der Waals surface area contributed by atoms with Crippen molar-refractivity contribution in [2.45, 2.75) is 20.4 Å². The van der Waals surface area contributed by atoms with Crippen LogP contribution in [0, 0.1) is 13.8 Å². The van der Waals surface area contributed by atoms with E-state index in [0.29, 0.717) is 5.69 Å². The summed E-state index contributed by atoms with van der Waals surface area (Å²) in [5.41, 5.74) is 6.90. The van der Waals surface area contributed by atoms with E-state index in [1.807, 2.05) is 31.2 Å². The Morgan fingerprint density at radius 3 is 2.61 bits per heavy atom. The molecule has 0 aliphatic heterocycles. The van der Waals surface area contributed by atoms with Crippen LogP contribution in [-0.4, -0.2) is 61.8 Å². The van der Waals surface area contributed by atoms with E-state index >= 15 is 0 Å². The van der Waals surface area contributed by atoms with Crippen LogP contribution in [0.15, 0.2) is 46.1 Å². The predicted molar refractivity (Wildman–Crippen MR) is 133 cm³/mol. The van der Waals surface area contributed by atoms with E-state index in [-0.39, 0.29) is 24.3 Å². The number of carbonyl (C=O) groups is 3. The Kier molecular flexibility index (Phi) is 6.68. The highest BCUT2D eigenvalue weighted by atomic mass is 16.2. The summed E-state index contributed by atoms with van der Waals surface area (Å²) in [6.45, 7) is 2.49. The molecule has 0 bridgehead atoms. The fourth-order valence-corrected chi connectivity index (χ4v) is 3.98. The molecule has 0 spiro atoms. The second-order valence-corrected chi connectivity index (χ2v) is 8.42. The van der Waals surface area contributed by atoms with Crippen molar-refractivity contribution in [3.63, 3.8) is 0 Å². The zero-order valence-electron chi connectivity index (χ0n) is 19.8. The highest BCUT2D eigenvalue weighted by Crippen LogP contribution is 2.27. The van der Waals surface area contributed by atoms with Crippen molar-refractivity contribution < 1.29 is 14.4 Å². The molecule has 0 unspecified atom stereocenters. The van der Waals surface area contributed by atoms with Crippen LogP contribution in [-0.2, 0) is 16.1 Å². The van der Waals surface area contributed by atoms with Gasteiger partial charge in [0.2, 0.25) is 11.8 Å². The molecule has 4 aromatic rings. The third-order valence-electron chi connectivity index (χ3n) is 5.77. The van der Waals surface area contributed by atoms with Crippen LogP contribution >= 0.6 is 0 Å². The van der Waals surface area contributed by atoms with E-state index in [1.54, 1.807) is 6.07 Å². The summed E-state index contributed by atoms with van der Waals surface area (Å²) < 4.78 is 1.04. The number of hydrogen-bond donors (Lipinski definition) is 4. The number of aromatic nitrogens is 4. The molecule has 1 aromatic carbocycles. The van der Waals surface area contributed by atoms with Gasteiger partial charge >= 0.3 is 5.69 Å². The van der Waals surface area contributed by atoms with E-state index in [1.165, 1.54) is 13.1 Å². The molecule has 0 aliphatic rings. The van der Waals surface area contributed by atoms with Gasteiger partial charge in [-0.15, -0.1) is 0 Å². The average Bonchev–Trinajstić information content (AvgIpc) is 3.21. The van der Waals surface area contributed by atoms with Crippen molar-refractivity contribution in [2.24, 2.45) is 5.73 Å². The predicted octanol–water partition coefficient (Wildman–Crippen LogP) is -0.0732. The fourth-order valence-electron chi connectivity index (χ4n) is 3.98. The number of aromatic amines is 2. The minimum atomic E-state index is -0.750. The van der Waals surface area contributed by atoms with Crippen molar-refractivity contribution in [1.29, 1.82) is 0 Å². The van der Waals surface area contributed by atoms with Gasteiger partial charge in [0, 0.05) is 41.1 Å². The summed E-state index contributed by atoms with van der Waals surface area (Å²) in [7, 11) is 0. The maximum absolute atomic E-state index is 12.8. The number of hydrogen-bond acceptors (Lipinski definition) is 6. The quantitative estimate of drug-likeness (QED) is 0.268. The fraction of sp³-hybridized carbons (Fsp3) is 0.250. The van der Waals surface area contributed by atoms with Gasteiger partial charge < -0.3 is 20.9 Å². The molecular weight excluding hydrogens is 466 g/mol. The Hall–Kier alpha value is -4.74. The maximum atomic E-state index is 12.8. The summed E-state index contributed by atoms with van der Waals surface area (Å²) in [6, 6.07) is 9.44. The zero-order valence-corrected chi connectivity index (χ0v) is 19.8. The normalized spacial score (nSPS) is 11.1. The molecule has 0 saturated carbocycles. The first-order valence-electron chi connectivity index (χ1n) is 11.2. The Balaban J connectivity index is 1.46. The number of nitrogens with two attached hydrogens (primary N) is 1. The van der Waals surface area contributed by atoms with Gasteiger partial charge in [-0.3, -0.25) is 28.7 Å². The zero-order chi connectivity index (χ0) is 26.0. The lowest BCUT2D eigenvalue weighted by Crippen LogP contribution is -2.45. The standard InChI is InChI=1S/C24H25N7O5/c1-13-10-31(24(36)29-22(13)34)12-20(33)30(11-19(25)32)8-7-26-23(35)18-9-16-15-5-3-4-6-17(15)28-21(16)14(2)27-18/h3-6,9-10,28H,7-8,11-12H2,1-2H3,(H2,25,32)(H,26,35)(H,29,34,36). The summed E-state index contributed by atoms with van der Waals surface area (Å²) >= 11 is 0. The minimum Gasteiger partial charge on any atom is -0.368 e. The third-order valence-corrected chi connectivity index (χ3v) is 5.77. The molecule has 186 valence electrons.